The highest BCUT2D eigenvalue weighted by molar-refractivity contribution is 6.02. The number of para-hydroxylation sites is 1. The molecular formula is C25H24FN3O2. The number of aryl methyl sites for hydroxylation is 1. The van der Waals surface area contributed by atoms with E-state index in [1.807, 2.05) is 54.6 Å². The SMILES string of the molecule is Cc1ccc(NC(=O)NC(Cc2ccccc2)C(=O)N2CCc3ccccc32)cc1F. The van der Waals surface area contributed by atoms with Crippen LogP contribution in [-0.4, -0.2) is 24.5 Å². The highest BCUT2D eigenvalue weighted by atomic mass is 19.1. The molecule has 1 heterocycles. The van der Waals surface area contributed by atoms with Crippen molar-refractivity contribution in [1.82, 2.24) is 5.32 Å². The average molecular weight is 417 g/mol. The maximum Gasteiger partial charge on any atom is 0.319 e. The van der Waals surface area contributed by atoms with E-state index < -0.39 is 17.9 Å². The first-order valence-corrected chi connectivity index (χ1v) is 10.3. The van der Waals surface area contributed by atoms with Crippen molar-refractivity contribution in [3.63, 3.8) is 0 Å². The van der Waals surface area contributed by atoms with Gasteiger partial charge in [0, 0.05) is 24.3 Å². The van der Waals surface area contributed by atoms with Crippen LogP contribution < -0.4 is 15.5 Å². The van der Waals surface area contributed by atoms with E-state index in [0.717, 1.165) is 23.2 Å². The van der Waals surface area contributed by atoms with Crippen LogP contribution in [0.5, 0.6) is 0 Å². The molecule has 5 nitrogen and oxygen atoms in total. The number of benzene rings is 3. The summed E-state index contributed by atoms with van der Waals surface area (Å²) in [5.41, 5.74) is 3.77. The second kappa shape index (κ2) is 9.00. The largest absolute Gasteiger partial charge is 0.326 e. The summed E-state index contributed by atoms with van der Waals surface area (Å²) in [4.78, 5) is 27.8. The van der Waals surface area contributed by atoms with Crippen molar-refractivity contribution in [2.45, 2.75) is 25.8 Å². The molecule has 1 aliphatic rings. The van der Waals surface area contributed by atoms with Gasteiger partial charge in [0.05, 0.1) is 0 Å². The summed E-state index contributed by atoms with van der Waals surface area (Å²) in [6.07, 6.45) is 1.14. The number of rotatable bonds is 5. The molecule has 0 radical (unpaired) electrons. The molecule has 1 atom stereocenters. The van der Waals surface area contributed by atoms with Crippen molar-refractivity contribution >= 4 is 23.3 Å². The molecule has 0 aliphatic carbocycles. The number of nitrogens with one attached hydrogen (secondary N) is 2. The number of hydrogen-bond donors (Lipinski definition) is 2. The Morgan fingerprint density at radius 3 is 2.55 bits per heavy atom. The second-order valence-corrected chi connectivity index (χ2v) is 7.67. The topological polar surface area (TPSA) is 61.4 Å². The van der Waals surface area contributed by atoms with Gasteiger partial charge in [0.15, 0.2) is 0 Å². The zero-order chi connectivity index (χ0) is 21.8. The van der Waals surface area contributed by atoms with Crippen LogP contribution in [0, 0.1) is 12.7 Å². The fraction of sp³-hybridized carbons (Fsp3) is 0.200. The van der Waals surface area contributed by atoms with Crippen LogP contribution in [0.3, 0.4) is 0 Å². The molecule has 2 N–H and O–H groups in total. The molecule has 3 aromatic rings. The highest BCUT2D eigenvalue weighted by Gasteiger charge is 2.31. The molecule has 0 fully saturated rings. The lowest BCUT2D eigenvalue weighted by atomic mass is 10.0. The third-order valence-electron chi connectivity index (χ3n) is 5.47. The molecule has 0 spiro atoms. The predicted octanol–water partition coefficient (Wildman–Crippen LogP) is 4.46. The zero-order valence-electron chi connectivity index (χ0n) is 17.3. The van der Waals surface area contributed by atoms with Crippen LogP contribution in [0.25, 0.3) is 0 Å². The van der Waals surface area contributed by atoms with Crippen molar-refractivity contribution < 1.29 is 14.0 Å². The summed E-state index contributed by atoms with van der Waals surface area (Å²) in [5, 5.41) is 5.42. The molecule has 3 amide bonds. The van der Waals surface area contributed by atoms with Gasteiger partial charge in [-0.15, -0.1) is 0 Å². The van der Waals surface area contributed by atoms with E-state index in [1.165, 1.54) is 6.07 Å². The number of halogens is 1. The fourth-order valence-electron chi connectivity index (χ4n) is 3.80. The van der Waals surface area contributed by atoms with Gasteiger partial charge in [-0.25, -0.2) is 9.18 Å². The normalized spacial score (nSPS) is 13.4. The van der Waals surface area contributed by atoms with E-state index in [-0.39, 0.29) is 5.91 Å². The van der Waals surface area contributed by atoms with Gasteiger partial charge in [0.1, 0.15) is 11.9 Å². The standard InChI is InChI=1S/C25H24FN3O2/c1-17-11-12-20(16-21(17)26)27-25(31)28-22(15-18-7-3-2-4-8-18)24(30)29-14-13-19-9-5-6-10-23(19)29/h2-12,16,22H,13-15H2,1H3,(H2,27,28,31). The lowest BCUT2D eigenvalue weighted by molar-refractivity contribution is -0.120. The molecular weight excluding hydrogens is 393 g/mol. The van der Waals surface area contributed by atoms with Gasteiger partial charge >= 0.3 is 6.03 Å². The van der Waals surface area contributed by atoms with Crippen LogP contribution in [0.2, 0.25) is 0 Å². The van der Waals surface area contributed by atoms with E-state index in [2.05, 4.69) is 10.6 Å². The Labute approximate surface area is 180 Å². The Hall–Kier alpha value is -3.67. The summed E-state index contributed by atoms with van der Waals surface area (Å²) in [6, 6.07) is 20.5. The molecule has 0 saturated heterocycles. The number of nitrogens with zero attached hydrogens (tertiary/aromatic N) is 1. The third-order valence-corrected chi connectivity index (χ3v) is 5.47. The van der Waals surface area contributed by atoms with Crippen LogP contribution in [0.15, 0.2) is 72.8 Å². The summed E-state index contributed by atoms with van der Waals surface area (Å²) < 4.78 is 13.8. The maximum atomic E-state index is 13.8. The van der Waals surface area contributed by atoms with Crippen molar-refractivity contribution in [2.75, 3.05) is 16.8 Å². The Kier molecular flexibility index (Phi) is 5.98. The van der Waals surface area contributed by atoms with E-state index in [1.54, 1.807) is 24.0 Å². The zero-order valence-corrected chi connectivity index (χ0v) is 17.3. The Bertz CT molecular complexity index is 1100. The van der Waals surface area contributed by atoms with Gasteiger partial charge in [0.25, 0.3) is 0 Å². The first-order valence-electron chi connectivity index (χ1n) is 10.3. The fourth-order valence-corrected chi connectivity index (χ4v) is 3.80. The monoisotopic (exact) mass is 417 g/mol. The number of carbonyl (C=O) groups excluding carboxylic acids is 2. The number of hydrogen-bond acceptors (Lipinski definition) is 2. The first-order chi connectivity index (χ1) is 15.0. The maximum absolute atomic E-state index is 13.8. The quantitative estimate of drug-likeness (QED) is 0.644. The van der Waals surface area contributed by atoms with Crippen molar-refractivity contribution in [3.8, 4) is 0 Å². The summed E-state index contributed by atoms with van der Waals surface area (Å²) in [6.45, 7) is 2.23. The molecule has 0 aromatic heterocycles. The van der Waals surface area contributed by atoms with Gasteiger partial charge in [-0.05, 0) is 48.2 Å². The molecule has 3 aromatic carbocycles. The van der Waals surface area contributed by atoms with E-state index in [9.17, 15) is 14.0 Å². The van der Waals surface area contributed by atoms with Gasteiger partial charge in [-0.1, -0.05) is 54.6 Å². The number of amides is 3. The first kappa shape index (κ1) is 20.6. The summed E-state index contributed by atoms with van der Waals surface area (Å²) >= 11 is 0. The highest BCUT2D eigenvalue weighted by Crippen LogP contribution is 2.28. The molecule has 1 aliphatic heterocycles. The van der Waals surface area contributed by atoms with Crippen molar-refractivity contribution in [2.24, 2.45) is 0 Å². The molecule has 158 valence electrons. The molecule has 1 unspecified atom stereocenters. The number of carbonyl (C=O) groups is 2. The lowest BCUT2D eigenvalue weighted by Crippen LogP contribution is -2.50. The van der Waals surface area contributed by atoms with Crippen LogP contribution in [-0.2, 0) is 17.6 Å². The van der Waals surface area contributed by atoms with E-state index in [0.29, 0.717) is 24.2 Å². The average Bonchev–Trinajstić information content (AvgIpc) is 3.20. The number of fused-ring (bicyclic) bond motifs is 1. The third kappa shape index (κ3) is 4.74. The van der Waals surface area contributed by atoms with Gasteiger partial charge in [0.2, 0.25) is 5.91 Å². The minimum atomic E-state index is -0.760. The summed E-state index contributed by atoms with van der Waals surface area (Å²) in [7, 11) is 0. The van der Waals surface area contributed by atoms with Crippen molar-refractivity contribution in [3.05, 3.63) is 95.3 Å². The molecule has 4 rings (SSSR count). The second-order valence-electron chi connectivity index (χ2n) is 7.67. The van der Waals surface area contributed by atoms with Gasteiger partial charge in [-0.3, -0.25) is 4.79 Å². The molecule has 31 heavy (non-hydrogen) atoms. The van der Waals surface area contributed by atoms with Crippen LogP contribution in [0.1, 0.15) is 16.7 Å². The number of urea groups is 1. The van der Waals surface area contributed by atoms with Crippen LogP contribution in [0.4, 0.5) is 20.6 Å². The van der Waals surface area contributed by atoms with E-state index in [4.69, 9.17) is 0 Å². The molecule has 0 saturated carbocycles. The Balaban J connectivity index is 1.53. The number of anilines is 2. The molecule has 0 bridgehead atoms. The van der Waals surface area contributed by atoms with Crippen LogP contribution >= 0.6 is 0 Å². The smallest absolute Gasteiger partial charge is 0.319 e. The predicted molar refractivity (Wildman–Crippen MR) is 120 cm³/mol. The minimum Gasteiger partial charge on any atom is -0.326 e. The van der Waals surface area contributed by atoms with E-state index >= 15 is 0 Å². The van der Waals surface area contributed by atoms with Gasteiger partial charge in [-0.2, -0.15) is 0 Å². The van der Waals surface area contributed by atoms with Gasteiger partial charge < -0.3 is 15.5 Å². The molecule has 6 heteroatoms. The Morgan fingerprint density at radius 1 is 1.03 bits per heavy atom. The minimum absolute atomic E-state index is 0.168. The lowest BCUT2D eigenvalue weighted by Gasteiger charge is -2.25. The summed E-state index contributed by atoms with van der Waals surface area (Å²) in [5.74, 6) is -0.567. The van der Waals surface area contributed by atoms with Crippen molar-refractivity contribution in [1.29, 1.82) is 0 Å². The Morgan fingerprint density at radius 2 is 1.77 bits per heavy atom.